The summed E-state index contributed by atoms with van der Waals surface area (Å²) in [6, 6.07) is 12.1. The van der Waals surface area contributed by atoms with Gasteiger partial charge in [0.05, 0.1) is 23.2 Å². The van der Waals surface area contributed by atoms with Gasteiger partial charge in [0.15, 0.2) is 11.5 Å². The summed E-state index contributed by atoms with van der Waals surface area (Å²) in [6.07, 6.45) is 0. The van der Waals surface area contributed by atoms with Crippen LogP contribution >= 0.6 is 11.6 Å². The zero-order valence-electron chi connectivity index (χ0n) is 15.8. The molecule has 0 saturated carbocycles. The van der Waals surface area contributed by atoms with Crippen molar-refractivity contribution in [3.05, 3.63) is 58.6 Å². The fourth-order valence-corrected chi connectivity index (χ4v) is 3.24. The maximum atomic E-state index is 12.4. The number of carbonyl (C=O) groups is 2. The monoisotopic (exact) mass is 402 g/mol. The number of benzene rings is 2. The lowest BCUT2D eigenvalue weighted by molar-refractivity contribution is -0.121. The zero-order valence-corrected chi connectivity index (χ0v) is 16.6. The van der Waals surface area contributed by atoms with Gasteiger partial charge in [0.2, 0.25) is 5.91 Å². The highest BCUT2D eigenvalue weighted by Gasteiger charge is 2.22. The third-order valence-electron chi connectivity index (χ3n) is 4.44. The topological polar surface area (TPSA) is 76.7 Å². The lowest BCUT2D eigenvalue weighted by atomic mass is 9.95. The van der Waals surface area contributed by atoms with Crippen molar-refractivity contribution in [2.24, 2.45) is 5.92 Å². The van der Waals surface area contributed by atoms with E-state index in [2.05, 4.69) is 10.6 Å². The molecular weight excluding hydrogens is 380 g/mol. The van der Waals surface area contributed by atoms with Crippen molar-refractivity contribution in [1.29, 1.82) is 0 Å². The Balaban J connectivity index is 1.63. The van der Waals surface area contributed by atoms with E-state index in [1.54, 1.807) is 24.3 Å². The van der Waals surface area contributed by atoms with E-state index >= 15 is 0 Å². The van der Waals surface area contributed by atoms with E-state index in [-0.39, 0.29) is 30.3 Å². The average molecular weight is 403 g/mol. The lowest BCUT2D eigenvalue weighted by Crippen LogP contribution is -2.40. The van der Waals surface area contributed by atoms with Gasteiger partial charge >= 0.3 is 0 Å². The highest BCUT2D eigenvalue weighted by atomic mass is 35.5. The molecule has 0 radical (unpaired) electrons. The fourth-order valence-electron chi connectivity index (χ4n) is 3.01. The van der Waals surface area contributed by atoms with Gasteiger partial charge in [-0.3, -0.25) is 9.59 Å². The van der Waals surface area contributed by atoms with E-state index < -0.39 is 0 Å². The number of nitrogens with one attached hydrogen (secondary N) is 2. The molecule has 1 aliphatic rings. The van der Waals surface area contributed by atoms with E-state index in [9.17, 15) is 9.59 Å². The van der Waals surface area contributed by atoms with Crippen LogP contribution in [0.1, 0.15) is 35.8 Å². The molecular formula is C21H23ClN2O4. The molecule has 28 heavy (non-hydrogen) atoms. The Hall–Kier alpha value is -2.73. The Labute approximate surface area is 169 Å². The van der Waals surface area contributed by atoms with Crippen molar-refractivity contribution in [2.45, 2.75) is 19.9 Å². The van der Waals surface area contributed by atoms with E-state index in [4.69, 9.17) is 21.1 Å². The molecule has 0 unspecified atom stereocenters. The van der Waals surface area contributed by atoms with Crippen molar-refractivity contribution < 1.29 is 19.1 Å². The quantitative estimate of drug-likeness (QED) is 0.776. The van der Waals surface area contributed by atoms with Crippen molar-refractivity contribution >= 4 is 23.4 Å². The first-order valence-corrected chi connectivity index (χ1v) is 9.55. The molecule has 0 spiro atoms. The molecule has 2 N–H and O–H groups in total. The fraction of sp³-hybridized carbons (Fsp3) is 0.333. The third kappa shape index (κ3) is 4.75. The van der Waals surface area contributed by atoms with Crippen LogP contribution in [0.5, 0.6) is 11.5 Å². The number of ether oxygens (including phenoxy) is 2. The molecule has 1 aliphatic heterocycles. The van der Waals surface area contributed by atoms with Crippen LogP contribution < -0.4 is 20.1 Å². The third-order valence-corrected chi connectivity index (χ3v) is 4.77. The molecule has 0 saturated heterocycles. The Bertz CT molecular complexity index is 869. The van der Waals surface area contributed by atoms with Crippen molar-refractivity contribution in [3.63, 3.8) is 0 Å². The van der Waals surface area contributed by atoms with Crippen LogP contribution in [0.4, 0.5) is 0 Å². The van der Waals surface area contributed by atoms with Crippen LogP contribution in [-0.2, 0) is 4.79 Å². The number of hydrogen-bond acceptors (Lipinski definition) is 4. The second-order valence-corrected chi connectivity index (χ2v) is 7.26. The molecule has 148 valence electrons. The number of fused-ring (bicyclic) bond motifs is 1. The molecule has 3 rings (SSSR count). The van der Waals surface area contributed by atoms with Crippen LogP contribution in [0.15, 0.2) is 42.5 Å². The Morgan fingerprint density at radius 1 is 1.07 bits per heavy atom. The van der Waals surface area contributed by atoms with Gasteiger partial charge in [-0.05, 0) is 35.7 Å². The maximum absolute atomic E-state index is 12.4. The second kappa shape index (κ2) is 8.97. The molecule has 1 atom stereocenters. The summed E-state index contributed by atoms with van der Waals surface area (Å²) in [5.74, 6) is 0.854. The summed E-state index contributed by atoms with van der Waals surface area (Å²) in [4.78, 5) is 24.6. The van der Waals surface area contributed by atoms with Crippen LogP contribution in [-0.4, -0.2) is 31.6 Å². The van der Waals surface area contributed by atoms with Gasteiger partial charge in [0, 0.05) is 0 Å². The zero-order chi connectivity index (χ0) is 20.1. The second-order valence-electron chi connectivity index (χ2n) is 6.85. The molecule has 0 aromatic heterocycles. The highest BCUT2D eigenvalue weighted by Crippen LogP contribution is 2.34. The van der Waals surface area contributed by atoms with E-state index in [1.807, 2.05) is 32.0 Å². The average Bonchev–Trinajstić information content (AvgIpc) is 2.70. The predicted molar refractivity (Wildman–Crippen MR) is 107 cm³/mol. The van der Waals surface area contributed by atoms with Crippen LogP contribution in [0, 0.1) is 5.92 Å². The Kier molecular flexibility index (Phi) is 6.41. The number of carbonyl (C=O) groups excluding carboxylic acids is 2. The van der Waals surface area contributed by atoms with Gasteiger partial charge in [0.1, 0.15) is 13.2 Å². The molecule has 6 nitrogen and oxygen atoms in total. The van der Waals surface area contributed by atoms with Gasteiger partial charge < -0.3 is 20.1 Å². The number of hydrogen-bond donors (Lipinski definition) is 2. The van der Waals surface area contributed by atoms with Crippen LogP contribution in [0.2, 0.25) is 5.02 Å². The first-order valence-electron chi connectivity index (χ1n) is 9.17. The first-order chi connectivity index (χ1) is 13.5. The number of rotatable bonds is 6. The van der Waals surface area contributed by atoms with Crippen molar-refractivity contribution in [3.8, 4) is 11.5 Å². The largest absolute Gasteiger partial charge is 0.486 e. The van der Waals surface area contributed by atoms with Crippen molar-refractivity contribution in [2.75, 3.05) is 19.8 Å². The minimum Gasteiger partial charge on any atom is -0.486 e. The van der Waals surface area contributed by atoms with Gasteiger partial charge in [-0.25, -0.2) is 0 Å². The molecule has 0 aliphatic carbocycles. The summed E-state index contributed by atoms with van der Waals surface area (Å²) in [5, 5.41) is 5.93. The summed E-state index contributed by atoms with van der Waals surface area (Å²) in [7, 11) is 0. The van der Waals surface area contributed by atoms with Gasteiger partial charge in [0.25, 0.3) is 5.91 Å². The van der Waals surface area contributed by atoms with Crippen molar-refractivity contribution in [1.82, 2.24) is 10.6 Å². The van der Waals surface area contributed by atoms with E-state index in [1.165, 1.54) is 0 Å². The summed E-state index contributed by atoms with van der Waals surface area (Å²) < 4.78 is 11.2. The van der Waals surface area contributed by atoms with Gasteiger partial charge in [-0.1, -0.05) is 43.6 Å². The molecule has 1 heterocycles. The molecule has 7 heteroatoms. The maximum Gasteiger partial charge on any atom is 0.253 e. The van der Waals surface area contributed by atoms with Gasteiger partial charge in [-0.2, -0.15) is 0 Å². The minimum absolute atomic E-state index is 0.141. The summed E-state index contributed by atoms with van der Waals surface area (Å²) in [5.41, 5.74) is 1.26. The Morgan fingerprint density at radius 3 is 2.50 bits per heavy atom. The van der Waals surface area contributed by atoms with Crippen LogP contribution in [0.25, 0.3) is 0 Å². The van der Waals surface area contributed by atoms with Gasteiger partial charge in [-0.15, -0.1) is 0 Å². The summed E-state index contributed by atoms with van der Waals surface area (Å²) >= 11 is 6.01. The molecule has 2 amide bonds. The van der Waals surface area contributed by atoms with E-state index in [0.29, 0.717) is 35.3 Å². The standard InChI is InChI=1S/C21H23ClN2O4/c1-13(2)20(14-7-8-17-18(11-14)28-10-9-27-17)24-19(25)12-23-21(26)15-5-3-4-6-16(15)22/h3-8,11,13,20H,9-10,12H2,1-2H3,(H,23,26)(H,24,25)/t20-/m1/s1. The molecule has 2 aromatic rings. The first kappa shape index (κ1) is 20.0. The van der Waals surface area contributed by atoms with Crippen LogP contribution in [0.3, 0.4) is 0 Å². The Morgan fingerprint density at radius 2 is 1.79 bits per heavy atom. The molecule has 0 bridgehead atoms. The molecule has 2 aromatic carbocycles. The minimum atomic E-state index is -0.388. The molecule has 0 fully saturated rings. The normalized spacial score (nSPS) is 13.7. The SMILES string of the molecule is CC(C)[C@@H](NC(=O)CNC(=O)c1ccccc1Cl)c1ccc2c(c1)OCCO2. The highest BCUT2D eigenvalue weighted by molar-refractivity contribution is 6.33. The lowest BCUT2D eigenvalue weighted by Gasteiger charge is -2.25. The smallest absolute Gasteiger partial charge is 0.253 e. The number of halogens is 1. The van der Waals surface area contributed by atoms with E-state index in [0.717, 1.165) is 5.56 Å². The summed E-state index contributed by atoms with van der Waals surface area (Å²) in [6.45, 7) is 4.93. The number of amides is 2. The predicted octanol–water partition coefficient (Wildman–Crippen LogP) is 3.35.